The van der Waals surface area contributed by atoms with Gasteiger partial charge in [-0.05, 0) is 71.8 Å². The molecular formula is C37H21N3O3S4. The van der Waals surface area contributed by atoms with E-state index in [4.69, 9.17) is 15.3 Å². The van der Waals surface area contributed by atoms with E-state index in [1.54, 1.807) is 57.5 Å². The minimum Gasteiger partial charge on any atom is -0.499 e. The molecule has 10 heteroatoms. The molecule has 0 saturated carbocycles. The van der Waals surface area contributed by atoms with Crippen molar-refractivity contribution in [1.29, 1.82) is 10.5 Å². The summed E-state index contributed by atoms with van der Waals surface area (Å²) in [5.41, 5.74) is 5.37. The standard InChI is InChI=1S/C37H21N3O3S4/c38-20-28(42)14-30-16-34-36(44-30)18-32(46-34)23-6-10-26(11-7-23)40(25-4-2-1-3-5-25)27-12-8-24(9-13-27)33-19-37-35(47-33)17-31(45-37)15-29(21-39)43-22-41/h1-19,22,42H/b28-14+,29-15+. The van der Waals surface area contributed by atoms with Crippen LogP contribution in [0.3, 0.4) is 0 Å². The average molecular weight is 684 g/mol. The van der Waals surface area contributed by atoms with E-state index in [1.165, 1.54) is 6.08 Å². The van der Waals surface area contributed by atoms with Crippen molar-refractivity contribution in [2.24, 2.45) is 0 Å². The van der Waals surface area contributed by atoms with Crippen molar-refractivity contribution in [2.45, 2.75) is 0 Å². The van der Waals surface area contributed by atoms with Gasteiger partial charge in [-0.25, -0.2) is 0 Å². The Labute approximate surface area is 285 Å². The Bertz CT molecular complexity index is 2320. The minimum absolute atomic E-state index is 0.0310. The number of fused-ring (bicyclic) bond motifs is 2. The lowest BCUT2D eigenvalue weighted by atomic mass is 10.1. The van der Waals surface area contributed by atoms with E-state index in [-0.39, 0.29) is 18.0 Å². The zero-order valence-electron chi connectivity index (χ0n) is 24.3. The number of para-hydroxylation sites is 1. The van der Waals surface area contributed by atoms with Gasteiger partial charge in [0.25, 0.3) is 6.47 Å². The first kappa shape index (κ1) is 30.2. The lowest BCUT2D eigenvalue weighted by molar-refractivity contribution is -0.124. The van der Waals surface area contributed by atoms with Crippen molar-refractivity contribution >= 4 is 99.8 Å². The summed E-state index contributed by atoms with van der Waals surface area (Å²) in [6.07, 6.45) is 3.07. The molecule has 0 unspecified atom stereocenters. The van der Waals surface area contributed by atoms with Crippen LogP contribution >= 0.6 is 45.3 Å². The number of aliphatic hydroxyl groups is 1. The van der Waals surface area contributed by atoms with Crippen LogP contribution in [0.1, 0.15) is 9.75 Å². The third kappa shape index (κ3) is 6.32. The molecule has 3 aromatic carbocycles. The third-order valence-corrected chi connectivity index (χ3v) is 11.8. The Kier molecular flexibility index (Phi) is 8.40. The van der Waals surface area contributed by atoms with Gasteiger partial charge in [-0.3, -0.25) is 4.79 Å². The van der Waals surface area contributed by atoms with E-state index in [0.717, 1.165) is 66.5 Å². The Morgan fingerprint density at radius 3 is 1.60 bits per heavy atom. The van der Waals surface area contributed by atoms with E-state index in [0.29, 0.717) is 0 Å². The second-order valence-corrected chi connectivity index (χ2v) is 14.6. The van der Waals surface area contributed by atoms with Gasteiger partial charge in [0.15, 0.2) is 5.76 Å². The zero-order chi connectivity index (χ0) is 32.3. The second kappa shape index (κ2) is 13.1. The van der Waals surface area contributed by atoms with E-state index in [2.05, 4.69) is 77.7 Å². The summed E-state index contributed by atoms with van der Waals surface area (Å²) in [6, 6.07) is 39.4. The van der Waals surface area contributed by atoms with E-state index in [9.17, 15) is 9.90 Å². The molecule has 0 aliphatic rings. The number of anilines is 3. The summed E-state index contributed by atoms with van der Waals surface area (Å²) in [4.78, 5) is 16.9. The molecule has 0 amide bonds. The van der Waals surface area contributed by atoms with Crippen LogP contribution in [0.4, 0.5) is 17.1 Å². The Balaban J connectivity index is 1.15. The summed E-state index contributed by atoms with van der Waals surface area (Å²) < 4.78 is 9.18. The highest BCUT2D eigenvalue weighted by Gasteiger charge is 2.15. The number of carbonyl (C=O) groups excluding carboxylic acids is 1. The molecular weight excluding hydrogens is 663 g/mol. The molecule has 0 radical (unpaired) electrons. The van der Waals surface area contributed by atoms with Crippen LogP contribution in [0.15, 0.2) is 115 Å². The highest BCUT2D eigenvalue weighted by molar-refractivity contribution is 7.30. The lowest BCUT2D eigenvalue weighted by Crippen LogP contribution is -2.09. The first-order valence-electron chi connectivity index (χ1n) is 14.2. The van der Waals surface area contributed by atoms with Crippen LogP contribution in [0.5, 0.6) is 0 Å². The predicted octanol–water partition coefficient (Wildman–Crippen LogP) is 11.5. The van der Waals surface area contributed by atoms with Crippen LogP contribution in [0.2, 0.25) is 0 Å². The molecule has 7 rings (SSSR count). The number of thiophene rings is 4. The SMILES string of the molecule is N#C/C(O)=C\c1cc2sc(-c3ccc(N(c4ccccc4)c4ccc(-c5cc6sc(/C=C(\C#N)OC=O)cc6s5)cc4)cc3)cc2s1. The number of carbonyl (C=O) groups is 1. The summed E-state index contributed by atoms with van der Waals surface area (Å²) >= 11 is 6.47. The maximum Gasteiger partial charge on any atom is 0.299 e. The van der Waals surface area contributed by atoms with Gasteiger partial charge in [0.1, 0.15) is 12.1 Å². The van der Waals surface area contributed by atoms with Gasteiger partial charge in [0.2, 0.25) is 5.76 Å². The largest absolute Gasteiger partial charge is 0.499 e. The molecule has 4 aromatic heterocycles. The summed E-state index contributed by atoms with van der Waals surface area (Å²) in [5, 5.41) is 27.6. The Morgan fingerprint density at radius 1 is 0.638 bits per heavy atom. The zero-order valence-corrected chi connectivity index (χ0v) is 27.6. The number of benzene rings is 3. The van der Waals surface area contributed by atoms with Gasteiger partial charge in [0.05, 0.1) is 0 Å². The van der Waals surface area contributed by atoms with Crippen LogP contribution in [0.25, 0.3) is 51.8 Å². The first-order valence-corrected chi connectivity index (χ1v) is 17.4. The summed E-state index contributed by atoms with van der Waals surface area (Å²) in [7, 11) is 0. The molecule has 0 bridgehead atoms. The van der Waals surface area contributed by atoms with Crippen LogP contribution in [-0.2, 0) is 9.53 Å². The van der Waals surface area contributed by atoms with Gasteiger partial charge in [-0.1, -0.05) is 42.5 Å². The monoisotopic (exact) mass is 683 g/mol. The molecule has 47 heavy (non-hydrogen) atoms. The van der Waals surface area contributed by atoms with Crippen molar-refractivity contribution in [1.82, 2.24) is 0 Å². The number of nitriles is 2. The van der Waals surface area contributed by atoms with E-state index in [1.807, 2.05) is 36.4 Å². The van der Waals surface area contributed by atoms with Gasteiger partial charge in [-0.15, -0.1) is 45.3 Å². The van der Waals surface area contributed by atoms with Crippen molar-refractivity contribution < 1.29 is 14.6 Å². The van der Waals surface area contributed by atoms with Gasteiger partial charge >= 0.3 is 0 Å². The summed E-state index contributed by atoms with van der Waals surface area (Å²) in [5.74, 6) is -0.321. The van der Waals surface area contributed by atoms with Crippen LogP contribution < -0.4 is 4.90 Å². The van der Waals surface area contributed by atoms with Crippen molar-refractivity contribution in [3.63, 3.8) is 0 Å². The first-order chi connectivity index (χ1) is 23.0. The number of hydrogen-bond acceptors (Lipinski definition) is 10. The number of ether oxygens (including phenoxy) is 1. The van der Waals surface area contributed by atoms with Crippen molar-refractivity contribution in [3.05, 3.63) is 124 Å². The van der Waals surface area contributed by atoms with Crippen molar-refractivity contribution in [3.8, 4) is 33.0 Å². The molecule has 6 nitrogen and oxygen atoms in total. The number of nitrogens with zero attached hydrogens (tertiary/aromatic N) is 3. The van der Waals surface area contributed by atoms with E-state index >= 15 is 0 Å². The Hall–Kier alpha value is -5.49. The maximum atomic E-state index is 10.6. The molecule has 0 saturated heterocycles. The molecule has 226 valence electrons. The molecule has 1 N–H and O–H groups in total. The normalized spacial score (nSPS) is 11.8. The molecule has 4 heterocycles. The quantitative estimate of drug-likeness (QED) is 0.0704. The Morgan fingerprint density at radius 2 is 1.13 bits per heavy atom. The van der Waals surface area contributed by atoms with Gasteiger partial charge < -0.3 is 14.7 Å². The molecule has 0 fully saturated rings. The van der Waals surface area contributed by atoms with Crippen LogP contribution in [-0.4, -0.2) is 11.6 Å². The highest BCUT2D eigenvalue weighted by atomic mass is 32.1. The van der Waals surface area contributed by atoms with E-state index < -0.39 is 0 Å². The fourth-order valence-electron chi connectivity index (χ4n) is 5.15. The highest BCUT2D eigenvalue weighted by Crippen LogP contribution is 2.42. The summed E-state index contributed by atoms with van der Waals surface area (Å²) in [6.45, 7) is 0.261. The minimum atomic E-state index is -0.290. The number of allylic oxidation sites excluding steroid dienone is 2. The third-order valence-electron chi connectivity index (χ3n) is 7.24. The van der Waals surface area contributed by atoms with Gasteiger partial charge in [-0.2, -0.15) is 10.5 Å². The number of hydrogen-bond donors (Lipinski definition) is 1. The second-order valence-electron chi connectivity index (χ2n) is 10.2. The number of aliphatic hydroxyl groups excluding tert-OH is 1. The lowest BCUT2D eigenvalue weighted by Gasteiger charge is -2.25. The average Bonchev–Trinajstić information content (AvgIpc) is 3.86. The smallest absolute Gasteiger partial charge is 0.299 e. The number of rotatable bonds is 9. The van der Waals surface area contributed by atoms with Crippen LogP contribution in [0, 0.1) is 22.7 Å². The molecule has 0 atom stereocenters. The molecule has 7 aromatic rings. The fourth-order valence-corrected chi connectivity index (χ4v) is 9.85. The molecule has 0 spiro atoms. The molecule has 0 aliphatic carbocycles. The fraction of sp³-hybridized carbons (Fsp3) is 0. The maximum absolute atomic E-state index is 10.6. The van der Waals surface area contributed by atoms with Crippen molar-refractivity contribution in [2.75, 3.05) is 4.90 Å². The van der Waals surface area contributed by atoms with Gasteiger partial charge in [0, 0.05) is 67.5 Å². The molecule has 0 aliphatic heterocycles. The topological polar surface area (TPSA) is 97.3 Å². The predicted molar refractivity (Wildman–Crippen MR) is 195 cm³/mol.